The first-order chi connectivity index (χ1) is 15.5. The zero-order chi connectivity index (χ0) is 22.6. The van der Waals surface area contributed by atoms with E-state index in [1.165, 1.54) is 17.5 Å². The topological polar surface area (TPSA) is 89.9 Å². The van der Waals surface area contributed by atoms with Gasteiger partial charge in [0.2, 0.25) is 10.0 Å². The molecule has 0 spiro atoms. The maximum Gasteiger partial charge on any atom is 0.272 e. The van der Waals surface area contributed by atoms with Gasteiger partial charge in [-0.25, -0.2) is 8.42 Å². The SMILES string of the molecule is COc1ccc(NC(=O)c2cccn2Cc2ccccc2)cc1S(=O)(=O)N1CCOCC1. The lowest BCUT2D eigenvalue weighted by Gasteiger charge is -2.26. The summed E-state index contributed by atoms with van der Waals surface area (Å²) in [6.07, 6.45) is 1.84. The highest BCUT2D eigenvalue weighted by Crippen LogP contribution is 2.30. The molecular weight excluding hydrogens is 430 g/mol. The van der Waals surface area contributed by atoms with Gasteiger partial charge in [-0.05, 0) is 35.9 Å². The Labute approximate surface area is 187 Å². The van der Waals surface area contributed by atoms with Crippen molar-refractivity contribution in [1.29, 1.82) is 0 Å². The van der Waals surface area contributed by atoms with Crippen LogP contribution in [0.4, 0.5) is 5.69 Å². The summed E-state index contributed by atoms with van der Waals surface area (Å²) < 4.78 is 40.1. The third-order valence-electron chi connectivity index (χ3n) is 5.27. The Bertz CT molecular complexity index is 1190. The first kappa shape index (κ1) is 22.1. The fourth-order valence-electron chi connectivity index (χ4n) is 3.62. The molecule has 1 amide bonds. The first-order valence-corrected chi connectivity index (χ1v) is 11.7. The number of methoxy groups -OCH3 is 1. The number of anilines is 1. The minimum Gasteiger partial charge on any atom is -0.495 e. The van der Waals surface area contributed by atoms with Crippen molar-refractivity contribution in [1.82, 2.24) is 8.87 Å². The molecule has 1 saturated heterocycles. The van der Waals surface area contributed by atoms with Crippen LogP contribution in [0.3, 0.4) is 0 Å². The smallest absolute Gasteiger partial charge is 0.272 e. The van der Waals surface area contributed by atoms with Crippen LogP contribution >= 0.6 is 0 Å². The monoisotopic (exact) mass is 455 g/mol. The Morgan fingerprint density at radius 1 is 1.06 bits per heavy atom. The van der Waals surface area contributed by atoms with Crippen molar-refractivity contribution in [3.8, 4) is 5.75 Å². The lowest BCUT2D eigenvalue weighted by molar-refractivity contribution is 0.0729. The van der Waals surface area contributed by atoms with E-state index < -0.39 is 10.0 Å². The van der Waals surface area contributed by atoms with E-state index in [9.17, 15) is 13.2 Å². The van der Waals surface area contributed by atoms with Crippen molar-refractivity contribution in [3.63, 3.8) is 0 Å². The maximum absolute atomic E-state index is 13.2. The fraction of sp³-hybridized carbons (Fsp3) is 0.261. The Balaban J connectivity index is 1.57. The second-order valence-corrected chi connectivity index (χ2v) is 9.25. The minimum absolute atomic E-state index is 0.0133. The lowest BCUT2D eigenvalue weighted by Crippen LogP contribution is -2.40. The van der Waals surface area contributed by atoms with Crippen LogP contribution in [-0.4, -0.2) is 56.6 Å². The van der Waals surface area contributed by atoms with Crippen LogP contribution in [0, 0.1) is 0 Å². The predicted molar refractivity (Wildman–Crippen MR) is 121 cm³/mol. The molecule has 0 radical (unpaired) electrons. The van der Waals surface area contributed by atoms with Crippen LogP contribution in [-0.2, 0) is 21.3 Å². The van der Waals surface area contributed by atoms with Gasteiger partial charge in [-0.3, -0.25) is 4.79 Å². The molecule has 1 aromatic heterocycles. The van der Waals surface area contributed by atoms with Gasteiger partial charge in [0.1, 0.15) is 16.3 Å². The molecular formula is C23H25N3O5S. The number of hydrogen-bond donors (Lipinski definition) is 1. The average Bonchev–Trinajstić information content (AvgIpc) is 3.28. The molecule has 0 unspecified atom stereocenters. The first-order valence-electron chi connectivity index (χ1n) is 10.3. The van der Waals surface area contributed by atoms with Gasteiger partial charge in [-0.15, -0.1) is 0 Å². The summed E-state index contributed by atoms with van der Waals surface area (Å²) in [5.41, 5.74) is 1.92. The molecule has 1 aliphatic rings. The molecule has 32 heavy (non-hydrogen) atoms. The van der Waals surface area contributed by atoms with Crippen LogP contribution in [0.25, 0.3) is 0 Å². The predicted octanol–water partition coefficient (Wildman–Crippen LogP) is 2.82. The fourth-order valence-corrected chi connectivity index (χ4v) is 5.20. The van der Waals surface area contributed by atoms with Crippen molar-refractivity contribution in [2.75, 3.05) is 38.7 Å². The average molecular weight is 456 g/mol. The molecule has 0 atom stereocenters. The molecule has 2 heterocycles. The third kappa shape index (κ3) is 4.69. The summed E-state index contributed by atoms with van der Waals surface area (Å²) in [5.74, 6) is -0.104. The van der Waals surface area contributed by atoms with Crippen molar-refractivity contribution in [2.24, 2.45) is 0 Å². The van der Waals surface area contributed by atoms with Crippen molar-refractivity contribution >= 4 is 21.6 Å². The molecule has 0 saturated carbocycles. The number of amides is 1. The number of carbonyl (C=O) groups is 1. The van der Waals surface area contributed by atoms with Gasteiger partial charge < -0.3 is 19.4 Å². The van der Waals surface area contributed by atoms with E-state index in [-0.39, 0.29) is 29.6 Å². The molecule has 1 aliphatic heterocycles. The molecule has 8 nitrogen and oxygen atoms in total. The molecule has 0 aliphatic carbocycles. The van der Waals surface area contributed by atoms with Crippen molar-refractivity contribution < 1.29 is 22.7 Å². The van der Waals surface area contributed by atoms with Gasteiger partial charge in [0.15, 0.2) is 0 Å². The van der Waals surface area contributed by atoms with Crippen LogP contribution in [0.1, 0.15) is 16.1 Å². The number of ether oxygens (including phenoxy) is 2. The van der Waals surface area contributed by atoms with Crippen LogP contribution in [0.15, 0.2) is 71.8 Å². The number of rotatable bonds is 7. The minimum atomic E-state index is -3.79. The third-order valence-corrected chi connectivity index (χ3v) is 7.19. The number of nitrogens with zero attached hydrogens (tertiary/aromatic N) is 2. The number of carbonyl (C=O) groups excluding carboxylic acids is 1. The van der Waals surface area contributed by atoms with E-state index in [0.29, 0.717) is 31.1 Å². The second kappa shape index (κ2) is 9.56. The Kier molecular flexibility index (Phi) is 6.59. The number of aromatic nitrogens is 1. The van der Waals surface area contributed by atoms with Gasteiger partial charge in [0.25, 0.3) is 5.91 Å². The summed E-state index contributed by atoms with van der Waals surface area (Å²) in [4.78, 5) is 13.0. The van der Waals surface area contributed by atoms with Gasteiger partial charge in [-0.2, -0.15) is 4.31 Å². The lowest BCUT2D eigenvalue weighted by atomic mass is 10.2. The van der Waals surface area contributed by atoms with Crippen molar-refractivity contribution in [3.05, 3.63) is 78.1 Å². The molecule has 4 rings (SSSR count). The summed E-state index contributed by atoms with van der Waals surface area (Å²) in [6, 6.07) is 18.0. The molecule has 0 bridgehead atoms. The van der Waals surface area contributed by atoms with E-state index in [1.54, 1.807) is 24.3 Å². The summed E-state index contributed by atoms with van der Waals surface area (Å²) in [6.45, 7) is 1.78. The highest BCUT2D eigenvalue weighted by Gasteiger charge is 2.29. The summed E-state index contributed by atoms with van der Waals surface area (Å²) >= 11 is 0. The van der Waals surface area contributed by atoms with E-state index in [4.69, 9.17) is 9.47 Å². The van der Waals surface area contributed by atoms with E-state index in [2.05, 4.69) is 5.32 Å². The van der Waals surface area contributed by atoms with Gasteiger partial charge in [0.05, 0.1) is 20.3 Å². The van der Waals surface area contributed by atoms with E-state index in [1.807, 2.05) is 41.1 Å². The Morgan fingerprint density at radius 2 is 1.81 bits per heavy atom. The molecule has 2 aromatic carbocycles. The highest BCUT2D eigenvalue weighted by atomic mass is 32.2. The van der Waals surface area contributed by atoms with Crippen LogP contribution in [0.5, 0.6) is 5.75 Å². The zero-order valence-corrected chi connectivity index (χ0v) is 18.5. The van der Waals surface area contributed by atoms with E-state index in [0.717, 1.165) is 5.56 Å². The van der Waals surface area contributed by atoms with E-state index >= 15 is 0 Å². The molecule has 1 N–H and O–H groups in total. The molecule has 168 valence electrons. The zero-order valence-electron chi connectivity index (χ0n) is 17.7. The normalized spacial score (nSPS) is 14.8. The Hall–Kier alpha value is -3.14. The molecule has 9 heteroatoms. The van der Waals surface area contributed by atoms with Crippen molar-refractivity contribution in [2.45, 2.75) is 11.4 Å². The Morgan fingerprint density at radius 3 is 2.53 bits per heavy atom. The van der Waals surface area contributed by atoms with Crippen LogP contribution in [0.2, 0.25) is 0 Å². The standard InChI is InChI=1S/C23H25N3O5S/c1-30-21-10-9-19(16-22(21)32(28,29)26-12-14-31-15-13-26)24-23(27)20-8-5-11-25(20)17-18-6-3-2-4-7-18/h2-11,16H,12-15,17H2,1H3,(H,24,27). The maximum atomic E-state index is 13.2. The van der Waals surface area contributed by atoms with Gasteiger partial charge in [0, 0.05) is 31.5 Å². The quantitative estimate of drug-likeness (QED) is 0.592. The largest absolute Gasteiger partial charge is 0.495 e. The number of morpholine rings is 1. The number of benzene rings is 2. The molecule has 3 aromatic rings. The van der Waals surface area contributed by atoms with Crippen LogP contribution < -0.4 is 10.1 Å². The molecule has 1 fully saturated rings. The second-order valence-electron chi connectivity index (χ2n) is 7.34. The van der Waals surface area contributed by atoms with Gasteiger partial charge in [-0.1, -0.05) is 30.3 Å². The number of nitrogens with one attached hydrogen (secondary N) is 1. The summed E-state index contributed by atoms with van der Waals surface area (Å²) in [7, 11) is -2.37. The number of sulfonamides is 1. The number of hydrogen-bond acceptors (Lipinski definition) is 5. The summed E-state index contributed by atoms with van der Waals surface area (Å²) in [5, 5.41) is 2.81. The van der Waals surface area contributed by atoms with Gasteiger partial charge >= 0.3 is 0 Å². The highest BCUT2D eigenvalue weighted by molar-refractivity contribution is 7.89.